The zero-order valence-corrected chi connectivity index (χ0v) is 14.8. The van der Waals surface area contributed by atoms with Crippen molar-refractivity contribution in [2.24, 2.45) is 10.1 Å². The summed E-state index contributed by atoms with van der Waals surface area (Å²) in [4.78, 5) is 12.7. The summed E-state index contributed by atoms with van der Waals surface area (Å²) >= 11 is -1.43. The number of primary amides is 1. The summed E-state index contributed by atoms with van der Waals surface area (Å²) in [7, 11) is 0. The van der Waals surface area contributed by atoms with Crippen molar-refractivity contribution >= 4 is 29.4 Å². The van der Waals surface area contributed by atoms with Crippen molar-refractivity contribution in [1.29, 1.82) is 0 Å². The van der Waals surface area contributed by atoms with Crippen molar-refractivity contribution in [1.82, 2.24) is 0 Å². The SMILES string of the molecule is CC(C)(C)[S@@+]([O-])/N=C/c1cc(F)ccc1N1CC[C@@H]1COC(N)=O. The Bertz CT molecular complexity index is 633. The third-order valence-electron chi connectivity index (χ3n) is 3.67. The van der Waals surface area contributed by atoms with Crippen LogP contribution in [0.3, 0.4) is 0 Å². The summed E-state index contributed by atoms with van der Waals surface area (Å²) in [6, 6.07) is 4.34. The van der Waals surface area contributed by atoms with Crippen LogP contribution in [-0.2, 0) is 16.1 Å². The lowest BCUT2D eigenvalue weighted by atomic mass is 10.0. The first kappa shape index (κ1) is 18.5. The summed E-state index contributed by atoms with van der Waals surface area (Å²) in [5, 5.41) is 0. The molecular weight excluding hydrogens is 333 g/mol. The molecule has 6 nitrogen and oxygen atoms in total. The topological polar surface area (TPSA) is 91.0 Å². The first-order valence-corrected chi connectivity index (χ1v) is 8.73. The number of carbonyl (C=O) groups excluding carboxylic acids is 1. The Morgan fingerprint density at radius 2 is 2.29 bits per heavy atom. The predicted molar refractivity (Wildman–Crippen MR) is 93.2 cm³/mol. The third-order valence-corrected chi connectivity index (χ3v) is 5.02. The highest BCUT2D eigenvalue weighted by atomic mass is 32.2. The minimum Gasteiger partial charge on any atom is -0.591 e. The first-order chi connectivity index (χ1) is 11.2. The number of halogens is 1. The first-order valence-electron chi connectivity index (χ1n) is 7.63. The van der Waals surface area contributed by atoms with E-state index in [1.54, 1.807) is 6.07 Å². The Kier molecular flexibility index (Phi) is 5.71. The highest BCUT2D eigenvalue weighted by Crippen LogP contribution is 2.30. The Labute approximate surface area is 144 Å². The molecule has 2 N–H and O–H groups in total. The predicted octanol–water partition coefficient (Wildman–Crippen LogP) is 2.38. The monoisotopic (exact) mass is 355 g/mol. The van der Waals surface area contributed by atoms with E-state index in [9.17, 15) is 13.7 Å². The van der Waals surface area contributed by atoms with Crippen LogP contribution in [0, 0.1) is 5.82 Å². The molecule has 0 aromatic heterocycles. The maximum absolute atomic E-state index is 13.6. The largest absolute Gasteiger partial charge is 0.591 e. The second-order valence-corrected chi connectivity index (χ2v) is 8.50. The number of nitrogens with zero attached hydrogens (tertiary/aromatic N) is 2. The molecule has 1 aromatic rings. The fraction of sp³-hybridized carbons (Fsp3) is 0.500. The van der Waals surface area contributed by atoms with Crippen molar-refractivity contribution < 1.29 is 18.5 Å². The molecule has 0 saturated carbocycles. The van der Waals surface area contributed by atoms with Gasteiger partial charge in [0, 0.05) is 17.8 Å². The summed E-state index contributed by atoms with van der Waals surface area (Å²) in [5.74, 6) is -0.396. The molecule has 1 fully saturated rings. The van der Waals surface area contributed by atoms with Gasteiger partial charge in [-0.25, -0.2) is 9.18 Å². The molecule has 0 unspecified atom stereocenters. The quantitative estimate of drug-likeness (QED) is 0.648. The van der Waals surface area contributed by atoms with Crippen LogP contribution in [0.2, 0.25) is 0 Å². The number of ether oxygens (including phenoxy) is 1. The average Bonchev–Trinajstić information content (AvgIpc) is 2.44. The molecule has 0 spiro atoms. The Hall–Kier alpha value is -1.80. The molecule has 0 radical (unpaired) electrons. The molecule has 1 aliphatic heterocycles. The molecular formula is C16H22FN3O3S. The lowest BCUT2D eigenvalue weighted by Crippen LogP contribution is -2.51. The van der Waals surface area contributed by atoms with Gasteiger partial charge < -0.3 is 19.9 Å². The van der Waals surface area contributed by atoms with Crippen molar-refractivity contribution in [3.05, 3.63) is 29.6 Å². The van der Waals surface area contributed by atoms with E-state index in [4.69, 9.17) is 10.5 Å². The van der Waals surface area contributed by atoms with Crippen LogP contribution in [-0.4, -0.2) is 40.8 Å². The van der Waals surface area contributed by atoms with E-state index < -0.39 is 28.0 Å². The highest BCUT2D eigenvalue weighted by Gasteiger charge is 2.31. The number of nitrogens with two attached hydrogens (primary N) is 1. The van der Waals surface area contributed by atoms with Gasteiger partial charge in [-0.05, 0) is 45.4 Å². The second kappa shape index (κ2) is 7.40. The number of hydrogen-bond acceptors (Lipinski definition) is 5. The van der Waals surface area contributed by atoms with E-state index in [1.807, 2.05) is 25.7 Å². The lowest BCUT2D eigenvalue weighted by molar-refractivity contribution is 0.139. The van der Waals surface area contributed by atoms with Crippen LogP contribution in [0.15, 0.2) is 22.6 Å². The number of anilines is 1. The van der Waals surface area contributed by atoms with E-state index in [2.05, 4.69) is 4.40 Å². The van der Waals surface area contributed by atoms with E-state index in [-0.39, 0.29) is 12.6 Å². The van der Waals surface area contributed by atoms with Gasteiger partial charge in [0.25, 0.3) is 0 Å². The number of rotatable bonds is 5. The summed E-state index contributed by atoms with van der Waals surface area (Å²) in [5.41, 5.74) is 6.29. The van der Waals surface area contributed by atoms with E-state index in [0.29, 0.717) is 5.56 Å². The van der Waals surface area contributed by atoms with Crippen LogP contribution < -0.4 is 10.6 Å². The molecule has 0 aliphatic carbocycles. The van der Waals surface area contributed by atoms with Gasteiger partial charge in [0.05, 0.1) is 12.3 Å². The number of benzene rings is 1. The highest BCUT2D eigenvalue weighted by molar-refractivity contribution is 7.91. The van der Waals surface area contributed by atoms with E-state index >= 15 is 0 Å². The molecule has 1 aromatic carbocycles. The molecule has 24 heavy (non-hydrogen) atoms. The average molecular weight is 355 g/mol. The maximum atomic E-state index is 13.6. The number of hydrogen-bond donors (Lipinski definition) is 1. The van der Waals surface area contributed by atoms with Gasteiger partial charge in [-0.15, -0.1) is 0 Å². The van der Waals surface area contributed by atoms with Gasteiger partial charge in [-0.2, -0.15) is 0 Å². The van der Waals surface area contributed by atoms with Crippen LogP contribution >= 0.6 is 0 Å². The summed E-state index contributed by atoms with van der Waals surface area (Å²) in [6.07, 6.45) is 1.46. The molecule has 1 aliphatic rings. The minimum absolute atomic E-state index is 0.0109. The molecule has 0 bridgehead atoms. The minimum atomic E-state index is -1.43. The van der Waals surface area contributed by atoms with Crippen molar-refractivity contribution in [3.8, 4) is 0 Å². The lowest BCUT2D eigenvalue weighted by Gasteiger charge is -2.43. The number of amides is 1. The van der Waals surface area contributed by atoms with Gasteiger partial charge in [-0.1, -0.05) is 4.40 Å². The van der Waals surface area contributed by atoms with Crippen molar-refractivity contribution in [2.75, 3.05) is 18.1 Å². The molecule has 132 valence electrons. The standard InChI is InChI=1S/C16H22FN3O3S/c1-16(2,3)24(22)19-9-11-8-12(17)4-5-14(11)20-7-6-13(20)10-23-15(18)21/h4-5,8-9,13H,6-7,10H2,1-3H3,(H2,18,21)/b19-9+/t13-,24-/m1/s1. The molecule has 1 heterocycles. The zero-order valence-electron chi connectivity index (χ0n) is 14.0. The number of carbonyl (C=O) groups is 1. The van der Waals surface area contributed by atoms with Crippen molar-refractivity contribution in [2.45, 2.75) is 38.0 Å². The van der Waals surface area contributed by atoms with Gasteiger partial charge in [0.2, 0.25) is 0 Å². The fourth-order valence-corrected chi connectivity index (χ4v) is 2.79. The molecule has 1 saturated heterocycles. The van der Waals surface area contributed by atoms with Crippen LogP contribution in [0.5, 0.6) is 0 Å². The van der Waals surface area contributed by atoms with Gasteiger partial charge in [-0.3, -0.25) is 0 Å². The van der Waals surface area contributed by atoms with Gasteiger partial charge in [0.1, 0.15) is 28.5 Å². The normalized spacial score (nSPS) is 19.2. The van der Waals surface area contributed by atoms with Crippen LogP contribution in [0.25, 0.3) is 0 Å². The van der Waals surface area contributed by atoms with E-state index in [0.717, 1.165) is 18.7 Å². The van der Waals surface area contributed by atoms with Gasteiger partial charge in [0.15, 0.2) is 0 Å². The molecule has 8 heteroatoms. The third kappa shape index (κ3) is 4.61. The summed E-state index contributed by atoms with van der Waals surface area (Å²) < 4.78 is 34.1. The molecule has 2 atom stereocenters. The van der Waals surface area contributed by atoms with Crippen molar-refractivity contribution in [3.63, 3.8) is 0 Å². The van der Waals surface area contributed by atoms with Crippen LogP contribution in [0.4, 0.5) is 14.9 Å². The Morgan fingerprint density at radius 1 is 1.58 bits per heavy atom. The Morgan fingerprint density at radius 3 is 2.83 bits per heavy atom. The van der Waals surface area contributed by atoms with Crippen LogP contribution in [0.1, 0.15) is 32.8 Å². The summed E-state index contributed by atoms with van der Waals surface area (Å²) in [6.45, 7) is 6.39. The van der Waals surface area contributed by atoms with E-state index in [1.165, 1.54) is 18.3 Å². The fourth-order valence-electron chi connectivity index (χ4n) is 2.26. The second-order valence-electron chi connectivity index (χ2n) is 6.57. The van der Waals surface area contributed by atoms with Gasteiger partial charge >= 0.3 is 6.09 Å². The Balaban J connectivity index is 2.19. The molecule has 1 amide bonds. The maximum Gasteiger partial charge on any atom is 0.404 e. The molecule has 2 rings (SSSR count). The smallest absolute Gasteiger partial charge is 0.404 e. The zero-order chi connectivity index (χ0) is 17.9.